The predicted octanol–water partition coefficient (Wildman–Crippen LogP) is 1.61. The molecule has 20 heavy (non-hydrogen) atoms. The molecule has 1 fully saturated rings. The number of nitrogens with zero attached hydrogens (tertiary/aromatic N) is 2. The van der Waals surface area contributed by atoms with Crippen LogP contribution in [0.15, 0.2) is 24.3 Å². The molecule has 1 aliphatic heterocycles. The van der Waals surface area contributed by atoms with Crippen LogP contribution in [-0.4, -0.2) is 42.6 Å². The van der Waals surface area contributed by atoms with Crippen molar-refractivity contribution < 1.29 is 9.53 Å². The smallest absolute Gasteiger partial charge is 0.238 e. The minimum absolute atomic E-state index is 0.109. The summed E-state index contributed by atoms with van der Waals surface area (Å²) in [5.41, 5.74) is 0.887. The number of anilines is 1. The molecular weight excluding hydrogens is 254 g/mol. The summed E-state index contributed by atoms with van der Waals surface area (Å²) in [4.78, 5) is 14.2. The van der Waals surface area contributed by atoms with E-state index in [9.17, 15) is 4.79 Å². The van der Waals surface area contributed by atoms with Gasteiger partial charge >= 0.3 is 0 Å². The molecule has 0 atom stereocenters. The molecule has 2 rings (SSSR count). The van der Waals surface area contributed by atoms with Gasteiger partial charge in [0, 0.05) is 12.1 Å². The van der Waals surface area contributed by atoms with Crippen molar-refractivity contribution in [2.24, 2.45) is 0 Å². The summed E-state index contributed by atoms with van der Waals surface area (Å²) in [5, 5.41) is 11.8. The van der Waals surface area contributed by atoms with Gasteiger partial charge < -0.3 is 10.1 Å². The van der Waals surface area contributed by atoms with Gasteiger partial charge in [0.05, 0.1) is 31.0 Å². The molecule has 0 aromatic heterocycles. The maximum Gasteiger partial charge on any atom is 0.238 e. The second-order valence-electron chi connectivity index (χ2n) is 5.49. The number of hydrogen-bond acceptors (Lipinski definition) is 4. The third kappa shape index (κ3) is 3.35. The zero-order chi connectivity index (χ0) is 14.6. The molecule has 1 saturated heterocycles. The minimum atomic E-state index is -0.148. The van der Waals surface area contributed by atoms with Gasteiger partial charge in [-0.05, 0) is 26.0 Å². The standard InChI is InChI=1S/C15H19N3O2/c1-15(2)11-20-8-7-18(15)10-14(19)17-13-6-4-3-5-12(13)9-16/h3-6H,7-8,10-11H2,1-2H3,(H,17,19). The fourth-order valence-corrected chi connectivity index (χ4v) is 2.24. The Morgan fingerprint density at radius 3 is 2.95 bits per heavy atom. The maximum absolute atomic E-state index is 12.1. The molecule has 106 valence electrons. The Hall–Kier alpha value is -1.90. The van der Waals surface area contributed by atoms with Crippen molar-refractivity contribution >= 4 is 11.6 Å². The fourth-order valence-electron chi connectivity index (χ4n) is 2.24. The highest BCUT2D eigenvalue weighted by Gasteiger charge is 2.31. The van der Waals surface area contributed by atoms with Crippen molar-refractivity contribution in [1.29, 1.82) is 5.26 Å². The molecule has 1 aromatic carbocycles. The van der Waals surface area contributed by atoms with Crippen molar-refractivity contribution in [2.75, 3.05) is 31.6 Å². The summed E-state index contributed by atoms with van der Waals surface area (Å²) in [6, 6.07) is 9.08. The Morgan fingerprint density at radius 1 is 1.50 bits per heavy atom. The molecule has 1 amide bonds. The van der Waals surface area contributed by atoms with E-state index in [1.54, 1.807) is 24.3 Å². The molecule has 1 aromatic rings. The molecule has 0 bridgehead atoms. The van der Waals surface area contributed by atoms with E-state index in [4.69, 9.17) is 10.00 Å². The van der Waals surface area contributed by atoms with Gasteiger partial charge in [0.1, 0.15) is 6.07 Å². The van der Waals surface area contributed by atoms with Crippen molar-refractivity contribution in [3.05, 3.63) is 29.8 Å². The van der Waals surface area contributed by atoms with Crippen molar-refractivity contribution in [3.63, 3.8) is 0 Å². The molecule has 1 heterocycles. The normalized spacial score (nSPS) is 18.2. The van der Waals surface area contributed by atoms with Crippen LogP contribution in [0, 0.1) is 11.3 Å². The lowest BCUT2D eigenvalue weighted by molar-refractivity contribution is -0.122. The van der Waals surface area contributed by atoms with Crippen LogP contribution in [0.25, 0.3) is 0 Å². The van der Waals surface area contributed by atoms with Crippen LogP contribution in [0.4, 0.5) is 5.69 Å². The lowest BCUT2D eigenvalue weighted by atomic mass is 10.0. The number of nitriles is 1. The molecule has 1 N–H and O–H groups in total. The molecule has 0 saturated carbocycles. The number of benzene rings is 1. The van der Waals surface area contributed by atoms with Crippen LogP contribution < -0.4 is 5.32 Å². The SMILES string of the molecule is CC1(C)COCCN1CC(=O)Nc1ccccc1C#N. The highest BCUT2D eigenvalue weighted by atomic mass is 16.5. The first-order valence-electron chi connectivity index (χ1n) is 6.65. The summed E-state index contributed by atoms with van der Waals surface area (Å²) in [7, 11) is 0. The van der Waals surface area contributed by atoms with Crippen LogP contribution >= 0.6 is 0 Å². The Bertz CT molecular complexity index is 534. The van der Waals surface area contributed by atoms with Crippen LogP contribution in [0.1, 0.15) is 19.4 Å². The number of ether oxygens (including phenoxy) is 1. The number of carbonyl (C=O) groups excluding carboxylic acids is 1. The number of nitrogens with one attached hydrogen (secondary N) is 1. The first-order chi connectivity index (χ1) is 9.53. The Kier molecular flexibility index (Phi) is 4.38. The number of hydrogen-bond donors (Lipinski definition) is 1. The van der Waals surface area contributed by atoms with E-state index in [-0.39, 0.29) is 11.4 Å². The molecule has 0 radical (unpaired) electrons. The number of rotatable bonds is 3. The van der Waals surface area contributed by atoms with Crippen LogP contribution in [-0.2, 0) is 9.53 Å². The van der Waals surface area contributed by atoms with E-state index < -0.39 is 0 Å². The van der Waals surface area contributed by atoms with Crippen LogP contribution in [0.5, 0.6) is 0 Å². The third-order valence-electron chi connectivity index (χ3n) is 3.47. The van der Waals surface area contributed by atoms with E-state index in [1.807, 2.05) is 0 Å². The number of amides is 1. The maximum atomic E-state index is 12.1. The van der Waals surface area contributed by atoms with Gasteiger partial charge in [-0.2, -0.15) is 5.26 Å². The van der Waals surface area contributed by atoms with Gasteiger partial charge in [0.25, 0.3) is 0 Å². The van der Waals surface area contributed by atoms with Gasteiger partial charge in [-0.3, -0.25) is 9.69 Å². The average molecular weight is 273 g/mol. The highest BCUT2D eigenvalue weighted by molar-refractivity contribution is 5.93. The van der Waals surface area contributed by atoms with Crippen LogP contribution in [0.3, 0.4) is 0 Å². The zero-order valence-electron chi connectivity index (χ0n) is 11.8. The summed E-state index contributed by atoms with van der Waals surface area (Å²) in [5.74, 6) is -0.109. The molecule has 0 unspecified atom stereocenters. The van der Waals surface area contributed by atoms with E-state index >= 15 is 0 Å². The summed E-state index contributed by atoms with van der Waals surface area (Å²) in [6.45, 7) is 6.42. The molecular formula is C15H19N3O2. The summed E-state index contributed by atoms with van der Waals surface area (Å²) in [6.07, 6.45) is 0. The number of para-hydroxylation sites is 1. The van der Waals surface area contributed by atoms with Gasteiger partial charge in [-0.15, -0.1) is 0 Å². The topological polar surface area (TPSA) is 65.4 Å². The van der Waals surface area contributed by atoms with Crippen molar-refractivity contribution in [3.8, 4) is 6.07 Å². The first kappa shape index (κ1) is 14.5. The van der Waals surface area contributed by atoms with Gasteiger partial charge in [0.15, 0.2) is 0 Å². The van der Waals surface area contributed by atoms with Gasteiger partial charge in [-0.1, -0.05) is 12.1 Å². The quantitative estimate of drug-likeness (QED) is 0.908. The van der Waals surface area contributed by atoms with Crippen molar-refractivity contribution in [2.45, 2.75) is 19.4 Å². The number of carbonyl (C=O) groups is 1. The lowest BCUT2D eigenvalue weighted by Crippen LogP contribution is -2.55. The summed E-state index contributed by atoms with van der Waals surface area (Å²) < 4.78 is 5.43. The second-order valence-corrected chi connectivity index (χ2v) is 5.49. The molecule has 1 aliphatic rings. The monoisotopic (exact) mass is 273 g/mol. The minimum Gasteiger partial charge on any atom is -0.378 e. The van der Waals surface area contributed by atoms with E-state index in [2.05, 4.69) is 30.1 Å². The molecule has 0 aliphatic carbocycles. The first-order valence-corrected chi connectivity index (χ1v) is 6.65. The highest BCUT2D eigenvalue weighted by Crippen LogP contribution is 2.19. The van der Waals surface area contributed by atoms with Gasteiger partial charge in [0.2, 0.25) is 5.91 Å². The van der Waals surface area contributed by atoms with Crippen LogP contribution in [0.2, 0.25) is 0 Å². The van der Waals surface area contributed by atoms with Gasteiger partial charge in [-0.25, -0.2) is 0 Å². The fraction of sp³-hybridized carbons (Fsp3) is 0.467. The third-order valence-corrected chi connectivity index (χ3v) is 3.47. The Morgan fingerprint density at radius 2 is 2.25 bits per heavy atom. The lowest BCUT2D eigenvalue weighted by Gasteiger charge is -2.41. The largest absolute Gasteiger partial charge is 0.378 e. The predicted molar refractivity (Wildman–Crippen MR) is 76.3 cm³/mol. The Labute approximate surface area is 119 Å². The number of morpholine rings is 1. The zero-order valence-corrected chi connectivity index (χ0v) is 11.8. The van der Waals surface area contributed by atoms with Crippen molar-refractivity contribution in [1.82, 2.24) is 4.90 Å². The second kappa shape index (κ2) is 6.04. The summed E-state index contributed by atoms with van der Waals surface area (Å²) >= 11 is 0. The van der Waals surface area contributed by atoms with E-state index in [0.717, 1.165) is 6.54 Å². The average Bonchev–Trinajstić information content (AvgIpc) is 2.42. The molecule has 5 heteroatoms. The van der Waals surface area contributed by atoms with E-state index in [0.29, 0.717) is 31.0 Å². The molecule has 5 nitrogen and oxygen atoms in total. The Balaban J connectivity index is 2.01. The van der Waals surface area contributed by atoms with E-state index in [1.165, 1.54) is 0 Å². The molecule has 0 spiro atoms.